The van der Waals surface area contributed by atoms with Gasteiger partial charge in [0, 0.05) is 30.7 Å². The first kappa shape index (κ1) is 33.2. The Hall–Kier alpha value is -1.19. The lowest BCUT2D eigenvalue weighted by Crippen LogP contribution is -2.42. The van der Waals surface area contributed by atoms with Crippen LogP contribution >= 0.6 is 0 Å². The number of hydrogen-bond acceptors (Lipinski definition) is 2. The molecule has 5 aliphatic carbocycles. The molecule has 242 valence electrons. The summed E-state index contributed by atoms with van der Waals surface area (Å²) in [5.74, 6) is 5.53. The second kappa shape index (κ2) is 15.9. The van der Waals surface area contributed by atoms with E-state index in [1.165, 1.54) is 108 Å². The number of allylic oxidation sites excluding steroid dienone is 6. The minimum Gasteiger partial charge on any atom is -0.393 e. The first-order valence-electron chi connectivity index (χ1n) is 19.0. The first-order valence-corrected chi connectivity index (χ1v) is 19.0. The monoisotopic (exact) mass is 592 g/mol. The molecule has 0 radical (unpaired) electrons. The highest BCUT2D eigenvalue weighted by Gasteiger charge is 2.37. The van der Waals surface area contributed by atoms with Gasteiger partial charge in [0.25, 0.3) is 0 Å². The molecular weight excluding hydrogens is 524 g/mol. The Morgan fingerprint density at radius 1 is 0.744 bits per heavy atom. The summed E-state index contributed by atoms with van der Waals surface area (Å²) in [5, 5.41) is 10.5. The lowest BCUT2D eigenvalue weighted by atomic mass is 9.66. The van der Waals surface area contributed by atoms with E-state index in [0.717, 1.165) is 55.5 Å². The van der Waals surface area contributed by atoms with Crippen molar-refractivity contribution < 1.29 is 9.68 Å². The van der Waals surface area contributed by atoms with Crippen molar-refractivity contribution in [1.29, 1.82) is 0 Å². The van der Waals surface area contributed by atoms with E-state index in [1.54, 1.807) is 5.57 Å². The van der Waals surface area contributed by atoms with E-state index in [0.29, 0.717) is 17.8 Å². The average molecular weight is 592 g/mol. The van der Waals surface area contributed by atoms with E-state index in [1.807, 2.05) is 0 Å². The molecule has 3 atom stereocenters. The van der Waals surface area contributed by atoms with Crippen molar-refractivity contribution in [2.45, 2.75) is 143 Å². The van der Waals surface area contributed by atoms with Crippen LogP contribution in [0.25, 0.3) is 0 Å². The molecule has 0 aromatic rings. The van der Waals surface area contributed by atoms with E-state index in [4.69, 9.17) is 0 Å². The maximum absolute atomic E-state index is 10.5. The highest BCUT2D eigenvalue weighted by molar-refractivity contribution is 6.02. The van der Waals surface area contributed by atoms with Gasteiger partial charge in [-0.05, 0) is 137 Å². The van der Waals surface area contributed by atoms with Crippen LogP contribution in [-0.2, 0) is 0 Å². The molecular formula is C40H67N2O+. The smallest absolute Gasteiger partial charge is 0.199 e. The molecule has 1 N–H and O–H groups in total. The molecule has 43 heavy (non-hydrogen) atoms. The zero-order chi connectivity index (χ0) is 30.3. The minimum atomic E-state index is -0.104. The molecule has 3 heteroatoms. The van der Waals surface area contributed by atoms with Gasteiger partial charge in [-0.1, -0.05) is 59.0 Å². The van der Waals surface area contributed by atoms with Gasteiger partial charge in [-0.15, -0.1) is 0 Å². The van der Waals surface area contributed by atoms with Crippen molar-refractivity contribution in [2.75, 3.05) is 26.2 Å². The van der Waals surface area contributed by atoms with Crippen LogP contribution in [0.2, 0.25) is 0 Å². The molecule has 0 aromatic heterocycles. The summed E-state index contributed by atoms with van der Waals surface area (Å²) < 4.78 is 2.64. The Kier molecular flexibility index (Phi) is 12.3. The van der Waals surface area contributed by atoms with E-state index < -0.39 is 0 Å². The number of hydrogen-bond donors (Lipinski definition) is 1. The molecule has 3 unspecified atom stereocenters. The van der Waals surface area contributed by atoms with Crippen LogP contribution < -0.4 is 0 Å². The largest absolute Gasteiger partial charge is 0.393 e. The quantitative estimate of drug-likeness (QED) is 0.271. The van der Waals surface area contributed by atoms with Crippen LogP contribution in [-0.4, -0.2) is 58.6 Å². The minimum absolute atomic E-state index is 0.104. The second-order valence-electron chi connectivity index (χ2n) is 15.9. The van der Waals surface area contributed by atoms with Crippen LogP contribution in [0.15, 0.2) is 35.5 Å². The highest BCUT2D eigenvalue weighted by Crippen LogP contribution is 2.45. The lowest BCUT2D eigenvalue weighted by Gasteiger charge is -2.43. The Bertz CT molecular complexity index is 980. The highest BCUT2D eigenvalue weighted by atomic mass is 16.3. The Morgan fingerprint density at radius 2 is 1.35 bits per heavy atom. The number of aliphatic hydroxyl groups excluding tert-OH is 1. The van der Waals surface area contributed by atoms with Gasteiger partial charge in [0.05, 0.1) is 6.10 Å². The van der Waals surface area contributed by atoms with Crippen molar-refractivity contribution >= 4 is 5.71 Å². The standard InChI is InChI=1S/C40H67N2O/c1-6-41(27-32-12-8-29(3)9-13-32)36-20-16-34(17-21-36)40(39-25-24-38(43)26-31(39)5)35-18-22-37(23-19-35)42(7-2)28-33-14-10-30(4)11-15-33/h16-17,20-21,29-33,35,37-39,43H,6-15,18-19,22-28H2,1-5H3/q+1. The van der Waals surface area contributed by atoms with Gasteiger partial charge in [0.15, 0.2) is 5.71 Å². The van der Waals surface area contributed by atoms with Gasteiger partial charge < -0.3 is 10.0 Å². The van der Waals surface area contributed by atoms with Crippen molar-refractivity contribution in [2.24, 2.45) is 41.4 Å². The van der Waals surface area contributed by atoms with E-state index in [9.17, 15) is 5.11 Å². The molecule has 0 aliphatic heterocycles. The lowest BCUT2D eigenvalue weighted by molar-refractivity contribution is -0.531. The molecule has 0 spiro atoms. The summed E-state index contributed by atoms with van der Waals surface area (Å²) in [7, 11) is 0. The molecule has 3 nitrogen and oxygen atoms in total. The average Bonchev–Trinajstić information content (AvgIpc) is 3.02. The summed E-state index contributed by atoms with van der Waals surface area (Å²) in [6.07, 6.45) is 29.6. The maximum Gasteiger partial charge on any atom is 0.199 e. The molecule has 0 aromatic carbocycles. The SMILES string of the molecule is CCN(CC1CCC(C)CC1)C1CCC(C(=C2C=CC(=[N+](CC)CC3CCC(C)CC3)C=C2)C2CCC(O)CC2C)CC1. The molecule has 0 saturated heterocycles. The fourth-order valence-corrected chi connectivity index (χ4v) is 9.82. The second-order valence-corrected chi connectivity index (χ2v) is 15.9. The van der Waals surface area contributed by atoms with Gasteiger partial charge in [-0.2, -0.15) is 0 Å². The van der Waals surface area contributed by atoms with Crippen LogP contribution in [0.1, 0.15) is 131 Å². The van der Waals surface area contributed by atoms with Crippen LogP contribution in [0.3, 0.4) is 0 Å². The molecule has 0 bridgehead atoms. The predicted molar refractivity (Wildman–Crippen MR) is 184 cm³/mol. The van der Waals surface area contributed by atoms with E-state index in [2.05, 4.69) is 68.4 Å². The van der Waals surface area contributed by atoms with Crippen molar-refractivity contribution in [3.8, 4) is 0 Å². The molecule has 4 fully saturated rings. The Morgan fingerprint density at radius 3 is 1.91 bits per heavy atom. The summed E-state index contributed by atoms with van der Waals surface area (Å²) in [6.45, 7) is 16.9. The fourth-order valence-electron chi connectivity index (χ4n) is 9.82. The third kappa shape index (κ3) is 8.75. The van der Waals surface area contributed by atoms with Crippen LogP contribution in [0.4, 0.5) is 0 Å². The van der Waals surface area contributed by atoms with Crippen molar-refractivity contribution in [3.63, 3.8) is 0 Å². The van der Waals surface area contributed by atoms with Gasteiger partial charge >= 0.3 is 0 Å². The molecule has 0 heterocycles. The van der Waals surface area contributed by atoms with Crippen LogP contribution in [0, 0.1) is 41.4 Å². The Labute approximate surface area is 266 Å². The maximum atomic E-state index is 10.5. The summed E-state index contributed by atoms with van der Waals surface area (Å²) >= 11 is 0. The van der Waals surface area contributed by atoms with E-state index in [-0.39, 0.29) is 6.10 Å². The van der Waals surface area contributed by atoms with Crippen molar-refractivity contribution in [3.05, 3.63) is 35.5 Å². The zero-order valence-electron chi connectivity index (χ0n) is 28.8. The normalized spacial score (nSPS) is 37.1. The van der Waals surface area contributed by atoms with Gasteiger partial charge in [0.1, 0.15) is 13.1 Å². The summed E-state index contributed by atoms with van der Waals surface area (Å²) in [4.78, 5) is 2.87. The third-order valence-electron chi connectivity index (χ3n) is 12.8. The molecule has 5 rings (SSSR count). The summed E-state index contributed by atoms with van der Waals surface area (Å²) in [6, 6.07) is 0.774. The first-order chi connectivity index (χ1) is 20.8. The van der Waals surface area contributed by atoms with Gasteiger partial charge in [-0.25, -0.2) is 4.58 Å². The van der Waals surface area contributed by atoms with Crippen LogP contribution in [0.5, 0.6) is 0 Å². The topological polar surface area (TPSA) is 26.5 Å². The fraction of sp³-hybridized carbons (Fsp3) is 0.825. The predicted octanol–water partition coefficient (Wildman–Crippen LogP) is 9.21. The number of rotatable bonds is 9. The Balaban J connectivity index is 1.29. The summed E-state index contributed by atoms with van der Waals surface area (Å²) in [5.41, 5.74) is 4.67. The van der Waals surface area contributed by atoms with Gasteiger partial charge in [-0.3, -0.25) is 0 Å². The van der Waals surface area contributed by atoms with Crippen molar-refractivity contribution in [1.82, 2.24) is 4.90 Å². The van der Waals surface area contributed by atoms with Gasteiger partial charge in [0.2, 0.25) is 0 Å². The number of nitrogens with zero attached hydrogens (tertiary/aromatic N) is 2. The number of aliphatic hydroxyl groups is 1. The molecule has 5 aliphatic rings. The zero-order valence-corrected chi connectivity index (χ0v) is 28.8. The third-order valence-corrected chi connectivity index (χ3v) is 12.8. The van der Waals surface area contributed by atoms with E-state index >= 15 is 0 Å². The molecule has 0 amide bonds. The molecule has 4 saturated carbocycles.